The molecule has 0 bridgehead atoms. The molecule has 0 spiro atoms. The number of aliphatic imine (C=N–C) groups is 1. The molecule has 2 aromatic rings. The van der Waals surface area contributed by atoms with E-state index in [4.69, 9.17) is 4.99 Å². The molecule has 0 atom stereocenters. The number of aryl methyl sites for hydroxylation is 1. The van der Waals surface area contributed by atoms with Crippen LogP contribution in [0.2, 0.25) is 0 Å². The van der Waals surface area contributed by atoms with Gasteiger partial charge in [-0.15, -0.1) is 24.0 Å². The molecule has 0 unspecified atom stereocenters. The zero-order valence-corrected chi connectivity index (χ0v) is 20.0. The normalized spacial score (nSPS) is 15.5. The molecule has 2 heterocycles. The first-order valence-corrected chi connectivity index (χ1v) is 10.6. The van der Waals surface area contributed by atoms with Crippen molar-refractivity contribution in [3.05, 3.63) is 65.7 Å². The van der Waals surface area contributed by atoms with Crippen LogP contribution in [0.25, 0.3) is 0 Å². The lowest BCUT2D eigenvalue weighted by Crippen LogP contribution is -2.48. The Morgan fingerprint density at radius 1 is 1.20 bits per heavy atom. The Labute approximate surface area is 196 Å². The van der Waals surface area contributed by atoms with Crippen molar-refractivity contribution in [2.75, 3.05) is 26.2 Å². The Balaban J connectivity index is 0.00000320. The molecule has 1 saturated heterocycles. The Morgan fingerprint density at radius 2 is 2.03 bits per heavy atom. The van der Waals surface area contributed by atoms with Gasteiger partial charge in [-0.3, -0.25) is 14.9 Å². The summed E-state index contributed by atoms with van der Waals surface area (Å²) in [6.07, 6.45) is 5.80. The van der Waals surface area contributed by atoms with E-state index in [0.717, 1.165) is 75.6 Å². The van der Waals surface area contributed by atoms with Gasteiger partial charge in [-0.25, -0.2) is 4.39 Å². The maximum atomic E-state index is 13.3. The first kappa shape index (κ1) is 24.5. The van der Waals surface area contributed by atoms with Gasteiger partial charge < -0.3 is 10.6 Å². The standard InChI is InChI=1S/C23H32FN5.HI/c1-2-25-23(27-14-6-8-19-7-5-9-20(24)17-19)28-21-11-15-29(16-12-21)18-22-10-3-4-13-26-22;/h3-5,7,9-10,13,17,21H,2,6,8,11-12,14-16,18H2,1H3,(H2,25,27,28);1H. The third-order valence-electron chi connectivity index (χ3n) is 5.17. The molecule has 1 aliphatic rings. The van der Waals surface area contributed by atoms with Crippen molar-refractivity contribution < 1.29 is 4.39 Å². The predicted molar refractivity (Wildman–Crippen MR) is 132 cm³/mol. The number of benzene rings is 1. The van der Waals surface area contributed by atoms with Crippen molar-refractivity contribution in [3.8, 4) is 0 Å². The fourth-order valence-corrected chi connectivity index (χ4v) is 3.64. The number of nitrogens with one attached hydrogen (secondary N) is 2. The highest BCUT2D eigenvalue weighted by Crippen LogP contribution is 2.13. The molecule has 30 heavy (non-hydrogen) atoms. The van der Waals surface area contributed by atoms with Crippen LogP contribution in [0.4, 0.5) is 4.39 Å². The average molecular weight is 525 g/mol. The van der Waals surface area contributed by atoms with Crippen LogP contribution >= 0.6 is 24.0 Å². The van der Waals surface area contributed by atoms with Gasteiger partial charge in [-0.05, 0) is 62.4 Å². The van der Waals surface area contributed by atoms with Gasteiger partial charge in [0.15, 0.2) is 5.96 Å². The van der Waals surface area contributed by atoms with Crippen molar-refractivity contribution in [1.29, 1.82) is 0 Å². The quantitative estimate of drug-likeness (QED) is 0.237. The van der Waals surface area contributed by atoms with Gasteiger partial charge >= 0.3 is 0 Å². The van der Waals surface area contributed by atoms with Crippen molar-refractivity contribution in [2.45, 2.75) is 45.2 Å². The highest BCUT2D eigenvalue weighted by Gasteiger charge is 2.20. The number of halogens is 2. The second kappa shape index (κ2) is 13.5. The average Bonchev–Trinajstić information content (AvgIpc) is 2.73. The van der Waals surface area contributed by atoms with Crippen molar-refractivity contribution in [1.82, 2.24) is 20.5 Å². The first-order chi connectivity index (χ1) is 14.2. The third kappa shape index (κ3) is 8.55. The van der Waals surface area contributed by atoms with Crippen LogP contribution < -0.4 is 10.6 Å². The lowest BCUT2D eigenvalue weighted by atomic mass is 10.0. The Hall–Kier alpha value is -1.74. The zero-order valence-electron chi connectivity index (χ0n) is 17.7. The van der Waals surface area contributed by atoms with E-state index in [1.807, 2.05) is 24.4 Å². The number of rotatable bonds is 8. The molecule has 5 nitrogen and oxygen atoms in total. The van der Waals surface area contributed by atoms with Crippen LogP contribution in [0.1, 0.15) is 37.4 Å². The summed E-state index contributed by atoms with van der Waals surface area (Å²) in [7, 11) is 0. The van der Waals surface area contributed by atoms with Crippen molar-refractivity contribution in [3.63, 3.8) is 0 Å². The monoisotopic (exact) mass is 525 g/mol. The summed E-state index contributed by atoms with van der Waals surface area (Å²) in [5, 5.41) is 6.93. The molecule has 7 heteroatoms. The smallest absolute Gasteiger partial charge is 0.191 e. The van der Waals surface area contributed by atoms with Gasteiger partial charge in [0, 0.05) is 45.0 Å². The van der Waals surface area contributed by atoms with E-state index in [1.54, 1.807) is 12.1 Å². The lowest BCUT2D eigenvalue weighted by molar-refractivity contribution is 0.196. The number of hydrogen-bond acceptors (Lipinski definition) is 3. The van der Waals surface area contributed by atoms with E-state index < -0.39 is 0 Å². The van der Waals surface area contributed by atoms with Crippen LogP contribution in [0.3, 0.4) is 0 Å². The molecule has 0 aliphatic carbocycles. The number of hydrogen-bond donors (Lipinski definition) is 2. The highest BCUT2D eigenvalue weighted by atomic mass is 127. The number of guanidine groups is 1. The molecule has 164 valence electrons. The number of likely N-dealkylation sites (tertiary alicyclic amines) is 1. The summed E-state index contributed by atoms with van der Waals surface area (Å²) < 4.78 is 13.3. The van der Waals surface area contributed by atoms with Gasteiger partial charge in [0.25, 0.3) is 0 Å². The number of aromatic nitrogens is 1. The second-order valence-corrected chi connectivity index (χ2v) is 7.51. The van der Waals surface area contributed by atoms with Crippen molar-refractivity contribution in [2.24, 2.45) is 4.99 Å². The second-order valence-electron chi connectivity index (χ2n) is 7.51. The van der Waals surface area contributed by atoms with E-state index >= 15 is 0 Å². The number of pyridine rings is 1. The Kier molecular flexibility index (Phi) is 11.1. The van der Waals surface area contributed by atoms with E-state index in [-0.39, 0.29) is 29.8 Å². The molecule has 0 amide bonds. The van der Waals surface area contributed by atoms with Gasteiger partial charge in [0.05, 0.1) is 5.69 Å². The predicted octanol–water partition coefficient (Wildman–Crippen LogP) is 3.99. The van der Waals surface area contributed by atoms with Gasteiger partial charge in [0.2, 0.25) is 0 Å². The van der Waals surface area contributed by atoms with Crippen LogP contribution in [0.5, 0.6) is 0 Å². The molecule has 0 radical (unpaired) electrons. The van der Waals surface area contributed by atoms with Crippen LogP contribution in [-0.4, -0.2) is 48.1 Å². The molecule has 1 aliphatic heterocycles. The molecule has 3 rings (SSSR count). The van der Waals surface area contributed by atoms with Gasteiger partial charge in [0.1, 0.15) is 5.82 Å². The highest BCUT2D eigenvalue weighted by molar-refractivity contribution is 14.0. The molecular weight excluding hydrogens is 492 g/mol. The van der Waals surface area contributed by atoms with Gasteiger partial charge in [-0.2, -0.15) is 0 Å². The van der Waals surface area contributed by atoms with Crippen LogP contribution in [0.15, 0.2) is 53.7 Å². The summed E-state index contributed by atoms with van der Waals surface area (Å²) in [5.74, 6) is 0.713. The summed E-state index contributed by atoms with van der Waals surface area (Å²) in [6, 6.07) is 13.3. The SMILES string of the molecule is CCNC(=NCCCc1cccc(F)c1)NC1CCN(Cc2ccccn2)CC1.I. The van der Waals surface area contributed by atoms with Gasteiger partial charge in [-0.1, -0.05) is 18.2 Å². The first-order valence-electron chi connectivity index (χ1n) is 10.6. The summed E-state index contributed by atoms with van der Waals surface area (Å²) in [6.45, 7) is 6.69. The molecule has 1 aromatic heterocycles. The van der Waals surface area contributed by atoms with E-state index in [2.05, 4.69) is 33.5 Å². The number of nitrogens with zero attached hydrogens (tertiary/aromatic N) is 3. The molecule has 0 saturated carbocycles. The maximum absolute atomic E-state index is 13.3. The summed E-state index contributed by atoms with van der Waals surface area (Å²) in [5.41, 5.74) is 2.16. The molecule has 1 fully saturated rings. The van der Waals surface area contributed by atoms with E-state index in [0.29, 0.717) is 6.04 Å². The number of piperidine rings is 1. The largest absolute Gasteiger partial charge is 0.357 e. The minimum absolute atomic E-state index is 0. The van der Waals surface area contributed by atoms with Crippen LogP contribution in [0, 0.1) is 5.82 Å². The Bertz CT molecular complexity index is 763. The van der Waals surface area contributed by atoms with Crippen LogP contribution in [-0.2, 0) is 13.0 Å². The molecular formula is C23H33FIN5. The van der Waals surface area contributed by atoms with E-state index in [1.165, 1.54) is 6.07 Å². The van der Waals surface area contributed by atoms with Crippen molar-refractivity contribution >= 4 is 29.9 Å². The fourth-order valence-electron chi connectivity index (χ4n) is 3.64. The minimum atomic E-state index is -0.171. The Morgan fingerprint density at radius 3 is 2.73 bits per heavy atom. The molecule has 1 aromatic carbocycles. The fraction of sp³-hybridized carbons (Fsp3) is 0.478. The minimum Gasteiger partial charge on any atom is -0.357 e. The zero-order chi connectivity index (χ0) is 20.3. The summed E-state index contributed by atoms with van der Waals surface area (Å²) in [4.78, 5) is 11.6. The third-order valence-corrected chi connectivity index (χ3v) is 5.17. The topological polar surface area (TPSA) is 52.6 Å². The lowest BCUT2D eigenvalue weighted by Gasteiger charge is -2.32. The maximum Gasteiger partial charge on any atom is 0.191 e. The molecule has 2 N–H and O–H groups in total. The van der Waals surface area contributed by atoms with E-state index in [9.17, 15) is 4.39 Å². The summed E-state index contributed by atoms with van der Waals surface area (Å²) >= 11 is 0.